The van der Waals surface area contributed by atoms with Crippen molar-refractivity contribution in [2.24, 2.45) is 0 Å². The summed E-state index contributed by atoms with van der Waals surface area (Å²) in [5.41, 5.74) is 0.968. The van der Waals surface area contributed by atoms with Crippen LogP contribution < -0.4 is 0 Å². The molecule has 0 amide bonds. The largest absolute Gasteiger partial charge is 0.390 e. The first-order chi connectivity index (χ1) is 8.56. The van der Waals surface area contributed by atoms with Crippen LogP contribution in [0, 0.1) is 6.92 Å². The number of ether oxygens (including phenoxy) is 1. The fourth-order valence-corrected chi connectivity index (χ4v) is 2.87. The van der Waals surface area contributed by atoms with Gasteiger partial charge in [0.15, 0.2) is 0 Å². The van der Waals surface area contributed by atoms with E-state index in [4.69, 9.17) is 4.74 Å². The maximum absolute atomic E-state index is 10.2. The van der Waals surface area contributed by atoms with Gasteiger partial charge in [-0.25, -0.2) is 4.98 Å². The van der Waals surface area contributed by atoms with Crippen molar-refractivity contribution in [2.75, 3.05) is 19.7 Å². The summed E-state index contributed by atoms with van der Waals surface area (Å²) in [5.74, 6) is 0. The molecule has 1 fully saturated rings. The second-order valence-corrected chi connectivity index (χ2v) is 6.19. The predicted molar refractivity (Wildman–Crippen MR) is 73.0 cm³/mol. The Morgan fingerprint density at radius 2 is 2.39 bits per heavy atom. The molecule has 4 nitrogen and oxygen atoms in total. The molecular formula is C13H22N2O2S. The minimum atomic E-state index is -0.465. The first kappa shape index (κ1) is 13.9. The summed E-state index contributed by atoms with van der Waals surface area (Å²) in [7, 11) is 0. The van der Waals surface area contributed by atoms with Crippen LogP contribution in [-0.4, -0.2) is 52.9 Å². The third-order valence-corrected chi connectivity index (χ3v) is 4.19. The minimum Gasteiger partial charge on any atom is -0.390 e. The highest BCUT2D eigenvalue weighted by atomic mass is 32.1. The van der Waals surface area contributed by atoms with E-state index < -0.39 is 6.10 Å². The van der Waals surface area contributed by atoms with Gasteiger partial charge in [0.05, 0.1) is 29.5 Å². The average molecular weight is 270 g/mol. The van der Waals surface area contributed by atoms with Crippen molar-refractivity contribution in [3.63, 3.8) is 0 Å². The Kier molecular flexibility index (Phi) is 4.72. The van der Waals surface area contributed by atoms with E-state index in [0.29, 0.717) is 19.1 Å². The van der Waals surface area contributed by atoms with Crippen molar-refractivity contribution in [3.05, 3.63) is 16.1 Å². The van der Waals surface area contributed by atoms with Crippen LogP contribution in [0.2, 0.25) is 0 Å². The maximum atomic E-state index is 10.2. The van der Waals surface area contributed by atoms with E-state index in [0.717, 1.165) is 23.8 Å². The van der Waals surface area contributed by atoms with E-state index in [1.54, 1.807) is 11.3 Å². The molecule has 0 radical (unpaired) electrons. The Labute approximate surface area is 113 Å². The molecule has 0 saturated carbocycles. The summed E-state index contributed by atoms with van der Waals surface area (Å²) in [4.78, 5) is 6.74. The number of aliphatic hydroxyl groups is 1. The molecule has 18 heavy (non-hydrogen) atoms. The van der Waals surface area contributed by atoms with Crippen molar-refractivity contribution < 1.29 is 9.84 Å². The van der Waals surface area contributed by atoms with Crippen LogP contribution in [0.25, 0.3) is 0 Å². The number of morpholine rings is 1. The third kappa shape index (κ3) is 3.51. The molecule has 0 aliphatic carbocycles. The van der Waals surface area contributed by atoms with Crippen LogP contribution >= 0.6 is 11.3 Å². The van der Waals surface area contributed by atoms with Crippen molar-refractivity contribution in [1.82, 2.24) is 9.88 Å². The van der Waals surface area contributed by atoms with Crippen LogP contribution in [0.5, 0.6) is 0 Å². The van der Waals surface area contributed by atoms with Gasteiger partial charge in [-0.3, -0.25) is 4.90 Å². The van der Waals surface area contributed by atoms with Gasteiger partial charge >= 0.3 is 0 Å². The highest BCUT2D eigenvalue weighted by Gasteiger charge is 2.28. The lowest BCUT2D eigenvalue weighted by molar-refractivity contribution is -0.0942. The van der Waals surface area contributed by atoms with Gasteiger partial charge in [-0.05, 0) is 20.8 Å². The monoisotopic (exact) mass is 270 g/mol. The van der Waals surface area contributed by atoms with E-state index in [9.17, 15) is 5.11 Å². The number of nitrogens with zero attached hydrogens (tertiary/aromatic N) is 2. The summed E-state index contributed by atoms with van der Waals surface area (Å²) in [6, 6.07) is 0.505. The summed E-state index contributed by atoms with van der Waals surface area (Å²) in [6.07, 6.45) is 0.0252. The molecule has 0 spiro atoms. The van der Waals surface area contributed by atoms with Crippen LogP contribution in [0.4, 0.5) is 0 Å². The van der Waals surface area contributed by atoms with Gasteiger partial charge in [0.2, 0.25) is 0 Å². The second kappa shape index (κ2) is 6.10. The van der Waals surface area contributed by atoms with Gasteiger partial charge in [-0.2, -0.15) is 0 Å². The normalized spacial score (nSPS) is 23.5. The lowest BCUT2D eigenvalue weighted by Gasteiger charge is -2.37. The molecule has 1 aliphatic rings. The number of aromatic nitrogens is 1. The maximum Gasteiger partial charge on any atom is 0.0964 e. The molecule has 2 rings (SSSR count). The fourth-order valence-electron chi connectivity index (χ4n) is 2.25. The Morgan fingerprint density at radius 1 is 1.61 bits per heavy atom. The quantitative estimate of drug-likeness (QED) is 0.900. The molecule has 0 bridgehead atoms. The van der Waals surface area contributed by atoms with Crippen LogP contribution in [-0.2, 0) is 11.2 Å². The van der Waals surface area contributed by atoms with Crippen LogP contribution in [0.3, 0.4) is 0 Å². The van der Waals surface area contributed by atoms with Gasteiger partial charge in [0.1, 0.15) is 0 Å². The zero-order valence-electron chi connectivity index (χ0n) is 11.3. The second-order valence-electron chi connectivity index (χ2n) is 5.13. The summed E-state index contributed by atoms with van der Waals surface area (Å²) >= 11 is 1.63. The van der Waals surface area contributed by atoms with Crippen LogP contribution in [0.1, 0.15) is 24.5 Å². The average Bonchev–Trinajstić information content (AvgIpc) is 2.75. The highest BCUT2D eigenvalue weighted by molar-refractivity contribution is 7.09. The van der Waals surface area contributed by atoms with Gasteiger partial charge in [-0.1, -0.05) is 0 Å². The lowest BCUT2D eigenvalue weighted by atomic mass is 10.1. The molecule has 102 valence electrons. The van der Waals surface area contributed by atoms with Crippen molar-refractivity contribution in [3.8, 4) is 0 Å². The smallest absolute Gasteiger partial charge is 0.0964 e. The molecule has 1 aromatic rings. The molecule has 1 N–H and O–H groups in total. The Morgan fingerprint density at radius 3 is 3.00 bits per heavy atom. The minimum absolute atomic E-state index is 0.0943. The molecular weight excluding hydrogens is 248 g/mol. The molecule has 5 heteroatoms. The van der Waals surface area contributed by atoms with E-state index in [1.807, 2.05) is 12.3 Å². The summed E-state index contributed by atoms with van der Waals surface area (Å²) < 4.78 is 5.68. The fraction of sp³-hybridized carbons (Fsp3) is 0.769. The number of aliphatic hydroxyl groups excluding tert-OH is 1. The first-order valence-electron chi connectivity index (χ1n) is 6.51. The van der Waals surface area contributed by atoms with Crippen molar-refractivity contribution in [2.45, 2.75) is 45.4 Å². The number of aryl methyl sites for hydroxylation is 1. The molecule has 1 aromatic heterocycles. The number of hydrogen-bond donors (Lipinski definition) is 1. The van der Waals surface area contributed by atoms with Crippen molar-refractivity contribution >= 4 is 11.3 Å². The Bertz CT molecular complexity index is 381. The SMILES string of the molecule is Cc1nc(CC(O)C2CN(C(C)C)CCO2)cs1. The first-order valence-corrected chi connectivity index (χ1v) is 7.39. The number of thiazole rings is 1. The Hall–Kier alpha value is -0.490. The number of rotatable bonds is 4. The Balaban J connectivity index is 1.90. The van der Waals surface area contributed by atoms with Gasteiger partial charge in [0.25, 0.3) is 0 Å². The topological polar surface area (TPSA) is 45.6 Å². The van der Waals surface area contributed by atoms with E-state index in [-0.39, 0.29) is 6.10 Å². The molecule has 2 heterocycles. The highest BCUT2D eigenvalue weighted by Crippen LogP contribution is 2.16. The zero-order valence-corrected chi connectivity index (χ0v) is 12.1. The molecule has 2 atom stereocenters. The standard InChI is InChI=1S/C13H22N2O2S/c1-9(2)15-4-5-17-13(7-15)12(16)6-11-8-18-10(3)14-11/h8-9,12-13,16H,4-7H2,1-3H3. The molecule has 1 aliphatic heterocycles. The zero-order chi connectivity index (χ0) is 13.1. The van der Waals surface area contributed by atoms with Crippen LogP contribution in [0.15, 0.2) is 5.38 Å². The van der Waals surface area contributed by atoms with Crippen molar-refractivity contribution in [1.29, 1.82) is 0 Å². The van der Waals surface area contributed by atoms with E-state index in [1.165, 1.54) is 0 Å². The number of hydrogen-bond acceptors (Lipinski definition) is 5. The van der Waals surface area contributed by atoms with E-state index >= 15 is 0 Å². The summed E-state index contributed by atoms with van der Waals surface area (Å²) in [5, 5.41) is 13.3. The molecule has 1 saturated heterocycles. The molecule has 0 aromatic carbocycles. The van der Waals surface area contributed by atoms with E-state index in [2.05, 4.69) is 23.7 Å². The predicted octanol–water partition coefficient (Wildman–Crippen LogP) is 1.46. The van der Waals surface area contributed by atoms with Gasteiger partial charge in [0, 0.05) is 30.9 Å². The molecule has 2 unspecified atom stereocenters. The lowest BCUT2D eigenvalue weighted by Crippen LogP contribution is -2.50. The van der Waals surface area contributed by atoms with Gasteiger partial charge < -0.3 is 9.84 Å². The summed E-state index contributed by atoms with van der Waals surface area (Å²) in [6.45, 7) is 8.81. The third-order valence-electron chi connectivity index (χ3n) is 3.37. The van der Waals surface area contributed by atoms with Gasteiger partial charge in [-0.15, -0.1) is 11.3 Å².